The first kappa shape index (κ1) is 16.2. The smallest absolute Gasteiger partial charge is 0.194 e. The van der Waals surface area contributed by atoms with Gasteiger partial charge in [0.15, 0.2) is 11.5 Å². The fourth-order valence-electron chi connectivity index (χ4n) is 1.72. The highest BCUT2D eigenvalue weighted by molar-refractivity contribution is 5.96. The van der Waals surface area contributed by atoms with Gasteiger partial charge in [0.2, 0.25) is 0 Å². The molecule has 20 heavy (non-hydrogen) atoms. The Morgan fingerprint density at radius 2 is 2.10 bits per heavy atom. The molecule has 0 aliphatic heterocycles. The zero-order valence-electron chi connectivity index (χ0n) is 12.7. The number of fused-ring (bicyclic) bond motifs is 1. The Bertz CT molecular complexity index is 551. The summed E-state index contributed by atoms with van der Waals surface area (Å²) in [4.78, 5) is 11.2. The number of hydrogen-bond acceptors (Lipinski definition) is 4. The molecule has 0 saturated carbocycles. The van der Waals surface area contributed by atoms with Crippen molar-refractivity contribution in [1.82, 2.24) is 5.32 Å². The summed E-state index contributed by atoms with van der Waals surface area (Å²) in [5, 5.41) is 3.96. The lowest BCUT2D eigenvalue weighted by molar-refractivity contribution is 0.0989. The van der Waals surface area contributed by atoms with Gasteiger partial charge in [0.1, 0.15) is 11.3 Å². The zero-order valence-corrected chi connectivity index (χ0v) is 12.7. The van der Waals surface area contributed by atoms with Crippen LogP contribution < -0.4 is 10.1 Å². The number of nitrogens with one attached hydrogen (secondary N) is 1. The van der Waals surface area contributed by atoms with Crippen molar-refractivity contribution in [1.29, 1.82) is 0 Å². The van der Waals surface area contributed by atoms with E-state index in [1.54, 1.807) is 6.07 Å². The lowest BCUT2D eigenvalue weighted by Crippen LogP contribution is -2.11. The van der Waals surface area contributed by atoms with E-state index in [0.29, 0.717) is 18.0 Å². The van der Waals surface area contributed by atoms with Gasteiger partial charge in [-0.1, -0.05) is 13.8 Å². The van der Waals surface area contributed by atoms with Gasteiger partial charge < -0.3 is 14.5 Å². The van der Waals surface area contributed by atoms with E-state index in [1.165, 1.54) is 6.92 Å². The minimum Gasteiger partial charge on any atom is -0.494 e. The maximum Gasteiger partial charge on any atom is 0.194 e. The molecule has 0 fully saturated rings. The molecule has 1 aromatic heterocycles. The van der Waals surface area contributed by atoms with Crippen LogP contribution in [0.25, 0.3) is 11.0 Å². The molecule has 0 saturated heterocycles. The quantitative estimate of drug-likeness (QED) is 0.643. The number of hydrogen-bond donors (Lipinski definition) is 1. The summed E-state index contributed by atoms with van der Waals surface area (Å²) in [6.07, 6.45) is 0.957. The van der Waals surface area contributed by atoms with Crippen LogP contribution in [0.5, 0.6) is 5.75 Å². The van der Waals surface area contributed by atoms with Crippen LogP contribution >= 0.6 is 0 Å². The van der Waals surface area contributed by atoms with Crippen molar-refractivity contribution in [2.24, 2.45) is 0 Å². The van der Waals surface area contributed by atoms with Gasteiger partial charge in [0.25, 0.3) is 0 Å². The van der Waals surface area contributed by atoms with Gasteiger partial charge in [-0.05, 0) is 44.3 Å². The number of Topliss-reactive ketones (excluding diaryl/α,β-unsaturated/α-hetero) is 1. The third kappa shape index (κ3) is 4.38. The first-order chi connectivity index (χ1) is 9.70. The lowest BCUT2D eigenvalue weighted by atomic mass is 10.2. The molecule has 2 rings (SSSR count). The standard InChI is InChI=1S/C14H17NO3.C2H6.H2/c1-10(16)14-9-11-8-12(4-5-13(11)18-14)17-7-3-6-15-2;1-2;/h4-5,8-9,15H,3,6-7H2,1-2H3;1-2H3;1H. The van der Waals surface area contributed by atoms with Gasteiger partial charge in [-0.3, -0.25) is 4.79 Å². The molecule has 0 bridgehead atoms. The fourth-order valence-corrected chi connectivity index (χ4v) is 1.72. The lowest BCUT2D eigenvalue weighted by Gasteiger charge is -2.05. The summed E-state index contributed by atoms with van der Waals surface area (Å²) in [7, 11) is 1.92. The molecule has 0 amide bonds. The summed E-state index contributed by atoms with van der Waals surface area (Å²) >= 11 is 0. The molecular weight excluding hydrogens is 254 g/mol. The maximum absolute atomic E-state index is 11.2. The van der Waals surface area contributed by atoms with Crippen LogP contribution in [0.4, 0.5) is 0 Å². The third-order valence-electron chi connectivity index (χ3n) is 2.67. The summed E-state index contributed by atoms with van der Waals surface area (Å²) in [5.74, 6) is 1.12. The third-order valence-corrected chi connectivity index (χ3v) is 2.67. The van der Waals surface area contributed by atoms with E-state index in [0.717, 1.165) is 24.1 Å². The summed E-state index contributed by atoms with van der Waals surface area (Å²) in [5.41, 5.74) is 0.711. The Morgan fingerprint density at radius 3 is 2.75 bits per heavy atom. The SMILES string of the molecule is CC.CNCCCOc1ccc2oc(C(C)=O)cc2c1.[HH]. The van der Waals surface area contributed by atoms with Crippen molar-refractivity contribution < 1.29 is 15.4 Å². The van der Waals surface area contributed by atoms with Crippen LogP contribution in [0.2, 0.25) is 0 Å². The van der Waals surface area contributed by atoms with Crippen molar-refractivity contribution in [3.63, 3.8) is 0 Å². The molecule has 1 aromatic carbocycles. The molecule has 0 atom stereocenters. The van der Waals surface area contributed by atoms with E-state index < -0.39 is 0 Å². The number of ether oxygens (including phenoxy) is 1. The van der Waals surface area contributed by atoms with Crippen LogP contribution in [0.1, 0.15) is 39.2 Å². The Kier molecular flexibility index (Phi) is 6.81. The van der Waals surface area contributed by atoms with Crippen LogP contribution in [0, 0.1) is 0 Å². The second kappa shape index (κ2) is 8.38. The van der Waals surface area contributed by atoms with E-state index in [4.69, 9.17) is 9.15 Å². The average molecular weight is 279 g/mol. The van der Waals surface area contributed by atoms with Gasteiger partial charge in [-0.15, -0.1) is 0 Å². The molecule has 4 nitrogen and oxygen atoms in total. The molecule has 0 aliphatic rings. The van der Waals surface area contributed by atoms with E-state index in [9.17, 15) is 4.79 Å². The number of rotatable bonds is 6. The number of furan rings is 1. The van der Waals surface area contributed by atoms with Crippen molar-refractivity contribution in [2.75, 3.05) is 20.2 Å². The molecule has 112 valence electrons. The minimum atomic E-state index is -0.0670. The summed E-state index contributed by atoms with van der Waals surface area (Å²) < 4.78 is 11.0. The van der Waals surface area contributed by atoms with Crippen LogP contribution in [0.15, 0.2) is 28.7 Å². The molecule has 4 heteroatoms. The highest BCUT2D eigenvalue weighted by atomic mass is 16.5. The van der Waals surface area contributed by atoms with Gasteiger partial charge in [0.05, 0.1) is 6.61 Å². The highest BCUT2D eigenvalue weighted by Gasteiger charge is 2.08. The molecule has 1 N–H and O–H groups in total. The highest BCUT2D eigenvalue weighted by Crippen LogP contribution is 2.24. The zero-order chi connectivity index (χ0) is 15.0. The Balaban J connectivity index is 0.00000128. The number of carbonyl (C=O) groups is 1. The van der Waals surface area contributed by atoms with Crippen LogP contribution in [0.3, 0.4) is 0 Å². The average Bonchev–Trinajstić information content (AvgIpc) is 2.89. The van der Waals surface area contributed by atoms with Gasteiger partial charge in [-0.2, -0.15) is 0 Å². The number of carbonyl (C=O) groups excluding carboxylic acids is 1. The predicted octanol–water partition coefficient (Wildman–Crippen LogP) is 3.90. The van der Waals surface area contributed by atoms with Gasteiger partial charge >= 0.3 is 0 Å². The molecule has 0 spiro atoms. The Morgan fingerprint density at radius 1 is 1.35 bits per heavy atom. The fraction of sp³-hybridized carbons (Fsp3) is 0.438. The predicted molar refractivity (Wildman–Crippen MR) is 83.7 cm³/mol. The van der Waals surface area contributed by atoms with E-state index in [2.05, 4.69) is 5.32 Å². The van der Waals surface area contributed by atoms with Gasteiger partial charge in [-0.25, -0.2) is 0 Å². The summed E-state index contributed by atoms with van der Waals surface area (Å²) in [6.45, 7) is 7.10. The topological polar surface area (TPSA) is 51.5 Å². The maximum atomic E-state index is 11.2. The summed E-state index contributed by atoms with van der Waals surface area (Å²) in [6, 6.07) is 7.33. The first-order valence-corrected chi connectivity index (χ1v) is 7.02. The van der Waals surface area contributed by atoms with E-state index in [-0.39, 0.29) is 7.21 Å². The number of ketones is 1. The van der Waals surface area contributed by atoms with Crippen LogP contribution in [-0.4, -0.2) is 26.0 Å². The van der Waals surface area contributed by atoms with Crippen molar-refractivity contribution in [3.05, 3.63) is 30.0 Å². The molecule has 1 heterocycles. The van der Waals surface area contributed by atoms with Crippen LogP contribution in [-0.2, 0) is 0 Å². The second-order valence-electron chi connectivity index (χ2n) is 4.17. The first-order valence-electron chi connectivity index (χ1n) is 7.02. The molecule has 2 aromatic rings. The molecular formula is C16H25NO3. The largest absolute Gasteiger partial charge is 0.494 e. The van der Waals surface area contributed by atoms with Crippen molar-refractivity contribution in [2.45, 2.75) is 27.2 Å². The van der Waals surface area contributed by atoms with Crippen molar-refractivity contribution in [3.8, 4) is 5.75 Å². The normalized spacial score (nSPS) is 10.0. The molecule has 0 aliphatic carbocycles. The monoisotopic (exact) mass is 279 g/mol. The number of benzene rings is 1. The molecule has 0 radical (unpaired) electrons. The Labute approximate surface area is 121 Å². The minimum absolute atomic E-state index is 0. The van der Waals surface area contributed by atoms with Gasteiger partial charge in [0, 0.05) is 13.7 Å². The van der Waals surface area contributed by atoms with E-state index in [1.807, 2.05) is 39.1 Å². The van der Waals surface area contributed by atoms with E-state index >= 15 is 0 Å². The molecule has 0 unspecified atom stereocenters. The van der Waals surface area contributed by atoms with Crippen molar-refractivity contribution >= 4 is 16.8 Å². The Hall–Kier alpha value is -1.81. The second-order valence-corrected chi connectivity index (χ2v) is 4.17.